The van der Waals surface area contributed by atoms with E-state index in [2.05, 4.69) is 39.8 Å². The highest BCUT2D eigenvalue weighted by molar-refractivity contribution is 9.10. The Morgan fingerprint density at radius 2 is 2.22 bits per heavy atom. The molecule has 1 aromatic heterocycles. The zero-order chi connectivity index (χ0) is 13.9. The normalized spacial score (nSPS) is 13.0. The number of aryl methyl sites for hydroxylation is 2. The first kappa shape index (κ1) is 15.2. The second-order valence-corrected chi connectivity index (χ2v) is 5.45. The highest BCUT2D eigenvalue weighted by Crippen LogP contribution is 2.23. The zero-order valence-electron chi connectivity index (χ0n) is 11.5. The van der Waals surface area contributed by atoms with Gasteiger partial charge in [0, 0.05) is 25.6 Å². The topological polar surface area (TPSA) is 70.9 Å². The lowest BCUT2D eigenvalue weighted by molar-refractivity contribution is 0.246. The Morgan fingerprint density at radius 1 is 1.61 bits per heavy atom. The average molecular weight is 316 g/mol. The van der Waals surface area contributed by atoms with Gasteiger partial charge in [0.15, 0.2) is 0 Å². The van der Waals surface area contributed by atoms with Gasteiger partial charge in [-0.15, -0.1) is 0 Å². The molecule has 0 fully saturated rings. The van der Waals surface area contributed by atoms with Gasteiger partial charge in [0.2, 0.25) is 0 Å². The molecule has 0 saturated carbocycles. The Hall–Kier alpha value is -0.880. The molecule has 1 rings (SSSR count). The molecule has 1 atom stereocenters. The van der Waals surface area contributed by atoms with Crippen molar-refractivity contribution >= 4 is 21.8 Å². The third-order valence-corrected chi connectivity index (χ3v) is 4.15. The van der Waals surface area contributed by atoms with Crippen LogP contribution in [-0.2, 0) is 13.1 Å². The molecule has 5 nitrogen and oxygen atoms in total. The van der Waals surface area contributed by atoms with Crippen LogP contribution in [0.25, 0.3) is 0 Å². The van der Waals surface area contributed by atoms with E-state index >= 15 is 0 Å². The van der Waals surface area contributed by atoms with E-state index in [0.717, 1.165) is 23.3 Å². The van der Waals surface area contributed by atoms with Crippen molar-refractivity contribution in [1.29, 1.82) is 5.41 Å². The van der Waals surface area contributed by atoms with Crippen LogP contribution >= 0.6 is 15.9 Å². The van der Waals surface area contributed by atoms with E-state index in [-0.39, 0.29) is 11.9 Å². The summed E-state index contributed by atoms with van der Waals surface area (Å²) in [6, 6.07) is 0.245. The molecule has 1 unspecified atom stereocenters. The predicted molar refractivity (Wildman–Crippen MR) is 77.8 cm³/mol. The standard InChI is InChI=1S/C12H22BrN5/c1-5-18-10(12(13)9(3)16-18)7-17(4)8(2)6-11(14)15/h8H,5-7H2,1-4H3,(H3,14,15). The first-order valence-corrected chi connectivity index (χ1v) is 6.91. The van der Waals surface area contributed by atoms with Crippen LogP contribution in [0.1, 0.15) is 31.7 Å². The highest BCUT2D eigenvalue weighted by atomic mass is 79.9. The molecule has 18 heavy (non-hydrogen) atoms. The van der Waals surface area contributed by atoms with Gasteiger partial charge in [0.25, 0.3) is 0 Å². The van der Waals surface area contributed by atoms with Crippen LogP contribution in [0.15, 0.2) is 4.47 Å². The van der Waals surface area contributed by atoms with Crippen molar-refractivity contribution in [3.8, 4) is 0 Å². The lowest BCUT2D eigenvalue weighted by atomic mass is 10.2. The summed E-state index contributed by atoms with van der Waals surface area (Å²) >= 11 is 3.59. The van der Waals surface area contributed by atoms with Crippen LogP contribution in [0.3, 0.4) is 0 Å². The van der Waals surface area contributed by atoms with Gasteiger partial charge in [-0.25, -0.2) is 0 Å². The van der Waals surface area contributed by atoms with E-state index in [9.17, 15) is 0 Å². The van der Waals surface area contributed by atoms with Crippen LogP contribution in [0.2, 0.25) is 0 Å². The van der Waals surface area contributed by atoms with E-state index < -0.39 is 0 Å². The van der Waals surface area contributed by atoms with Gasteiger partial charge < -0.3 is 5.73 Å². The number of nitrogens with one attached hydrogen (secondary N) is 1. The summed E-state index contributed by atoms with van der Waals surface area (Å²) in [5, 5.41) is 11.8. The Kier molecular flexibility index (Phi) is 5.34. The van der Waals surface area contributed by atoms with Crippen LogP contribution in [0.4, 0.5) is 0 Å². The van der Waals surface area contributed by atoms with Crippen molar-refractivity contribution in [2.24, 2.45) is 5.73 Å². The Bertz CT molecular complexity index is 426. The van der Waals surface area contributed by atoms with Crippen molar-refractivity contribution in [2.75, 3.05) is 7.05 Å². The van der Waals surface area contributed by atoms with E-state index in [1.807, 2.05) is 18.7 Å². The number of hydrogen-bond donors (Lipinski definition) is 2. The quantitative estimate of drug-likeness (QED) is 0.624. The summed E-state index contributed by atoms with van der Waals surface area (Å²) in [6.45, 7) is 7.81. The lowest BCUT2D eigenvalue weighted by Gasteiger charge is -2.24. The minimum absolute atomic E-state index is 0.230. The molecular formula is C12H22BrN5. The predicted octanol–water partition coefficient (Wildman–Crippen LogP) is 2.12. The molecule has 0 spiro atoms. The Balaban J connectivity index is 2.80. The third kappa shape index (κ3) is 3.55. The third-order valence-electron chi connectivity index (χ3n) is 3.12. The van der Waals surface area contributed by atoms with Crippen molar-refractivity contribution in [3.05, 3.63) is 15.9 Å². The largest absolute Gasteiger partial charge is 0.388 e. The van der Waals surface area contributed by atoms with Gasteiger partial charge in [0.1, 0.15) is 0 Å². The molecule has 0 radical (unpaired) electrons. The zero-order valence-corrected chi connectivity index (χ0v) is 13.1. The second kappa shape index (κ2) is 6.33. The van der Waals surface area contributed by atoms with E-state index in [1.165, 1.54) is 5.69 Å². The first-order valence-electron chi connectivity index (χ1n) is 6.11. The molecule has 1 aromatic rings. The van der Waals surface area contributed by atoms with Crippen molar-refractivity contribution < 1.29 is 0 Å². The molecule has 0 aliphatic carbocycles. The molecule has 0 aromatic carbocycles. The van der Waals surface area contributed by atoms with Gasteiger partial charge in [-0.3, -0.25) is 15.0 Å². The maximum Gasteiger partial charge on any atom is 0.0920 e. The SMILES string of the molecule is CCn1nc(C)c(Br)c1CN(C)C(C)CC(=N)N. The van der Waals surface area contributed by atoms with Gasteiger partial charge >= 0.3 is 0 Å². The molecule has 1 heterocycles. The fourth-order valence-corrected chi connectivity index (χ4v) is 2.30. The summed E-state index contributed by atoms with van der Waals surface area (Å²) in [5.41, 5.74) is 7.63. The molecule has 3 N–H and O–H groups in total. The van der Waals surface area contributed by atoms with Crippen molar-refractivity contribution in [2.45, 2.75) is 46.3 Å². The Labute approximate surface area is 117 Å². The number of halogens is 1. The monoisotopic (exact) mass is 315 g/mol. The van der Waals surface area contributed by atoms with Crippen LogP contribution < -0.4 is 5.73 Å². The fourth-order valence-electron chi connectivity index (χ4n) is 1.89. The van der Waals surface area contributed by atoms with Gasteiger partial charge in [-0.05, 0) is 43.7 Å². The summed E-state index contributed by atoms with van der Waals surface area (Å²) < 4.78 is 3.09. The van der Waals surface area contributed by atoms with Crippen LogP contribution in [-0.4, -0.2) is 33.6 Å². The molecule has 0 bridgehead atoms. The average Bonchev–Trinajstić information content (AvgIpc) is 2.55. The number of nitrogens with zero attached hydrogens (tertiary/aromatic N) is 3. The van der Waals surface area contributed by atoms with Crippen molar-refractivity contribution in [1.82, 2.24) is 14.7 Å². The van der Waals surface area contributed by atoms with Crippen molar-refractivity contribution in [3.63, 3.8) is 0 Å². The maximum absolute atomic E-state index is 7.35. The Morgan fingerprint density at radius 3 is 2.72 bits per heavy atom. The number of hydrogen-bond acceptors (Lipinski definition) is 3. The molecule has 6 heteroatoms. The first-order chi connectivity index (χ1) is 8.36. The maximum atomic E-state index is 7.35. The molecule has 0 aliphatic rings. The number of nitrogens with two attached hydrogens (primary N) is 1. The molecule has 102 valence electrons. The summed E-state index contributed by atoms with van der Waals surface area (Å²) in [6.07, 6.45) is 0.591. The molecular weight excluding hydrogens is 294 g/mol. The summed E-state index contributed by atoms with van der Waals surface area (Å²) in [4.78, 5) is 2.19. The molecule has 0 amide bonds. The molecule has 0 aliphatic heterocycles. The van der Waals surface area contributed by atoms with Gasteiger partial charge in [-0.2, -0.15) is 5.10 Å². The number of amidine groups is 1. The second-order valence-electron chi connectivity index (χ2n) is 4.66. The van der Waals surface area contributed by atoms with Crippen LogP contribution in [0.5, 0.6) is 0 Å². The molecule has 0 saturated heterocycles. The fraction of sp³-hybridized carbons (Fsp3) is 0.667. The summed E-state index contributed by atoms with van der Waals surface area (Å²) in [5.74, 6) is 0.230. The number of aromatic nitrogens is 2. The minimum atomic E-state index is 0.230. The lowest BCUT2D eigenvalue weighted by Crippen LogP contribution is -2.33. The minimum Gasteiger partial charge on any atom is -0.388 e. The summed E-state index contributed by atoms with van der Waals surface area (Å²) in [7, 11) is 2.04. The van der Waals surface area contributed by atoms with Gasteiger partial charge in [0.05, 0.1) is 21.7 Å². The van der Waals surface area contributed by atoms with Gasteiger partial charge in [-0.1, -0.05) is 0 Å². The van der Waals surface area contributed by atoms with E-state index in [1.54, 1.807) is 0 Å². The van der Waals surface area contributed by atoms with E-state index in [0.29, 0.717) is 6.42 Å². The highest BCUT2D eigenvalue weighted by Gasteiger charge is 2.17. The van der Waals surface area contributed by atoms with Crippen LogP contribution in [0, 0.1) is 12.3 Å². The van der Waals surface area contributed by atoms with E-state index in [4.69, 9.17) is 11.1 Å². The smallest absolute Gasteiger partial charge is 0.0920 e. The number of rotatable bonds is 6.